The van der Waals surface area contributed by atoms with Gasteiger partial charge in [-0.15, -0.1) is 11.3 Å². The Morgan fingerprint density at radius 1 is 1.41 bits per heavy atom. The molecule has 0 aromatic carbocycles. The Bertz CT molecular complexity index is 345. The van der Waals surface area contributed by atoms with Crippen LogP contribution in [0.1, 0.15) is 31.1 Å². The van der Waals surface area contributed by atoms with Gasteiger partial charge in [-0.3, -0.25) is 4.90 Å². The van der Waals surface area contributed by atoms with Gasteiger partial charge in [0.2, 0.25) is 0 Å². The third-order valence-corrected chi connectivity index (χ3v) is 4.99. The van der Waals surface area contributed by atoms with Crippen molar-refractivity contribution in [2.75, 3.05) is 13.1 Å². The molecule has 0 bridgehead atoms. The molecule has 17 heavy (non-hydrogen) atoms. The monoisotopic (exact) mass is 250 g/mol. The van der Waals surface area contributed by atoms with Crippen LogP contribution in [0.15, 0.2) is 17.5 Å². The fourth-order valence-corrected chi connectivity index (χ4v) is 3.51. The van der Waals surface area contributed by atoms with Gasteiger partial charge in [0.05, 0.1) is 0 Å². The molecule has 3 rings (SSSR count). The van der Waals surface area contributed by atoms with E-state index < -0.39 is 0 Å². The van der Waals surface area contributed by atoms with Gasteiger partial charge in [-0.2, -0.15) is 0 Å². The Kier molecular flexibility index (Phi) is 3.50. The van der Waals surface area contributed by atoms with Crippen LogP contribution in [0.4, 0.5) is 0 Å². The zero-order valence-corrected chi connectivity index (χ0v) is 11.4. The van der Waals surface area contributed by atoms with Gasteiger partial charge in [0, 0.05) is 30.1 Å². The van der Waals surface area contributed by atoms with Crippen molar-refractivity contribution in [3.05, 3.63) is 22.4 Å². The molecule has 1 aromatic heterocycles. The van der Waals surface area contributed by atoms with E-state index in [0.29, 0.717) is 0 Å². The minimum atomic E-state index is 0.718. The summed E-state index contributed by atoms with van der Waals surface area (Å²) in [6, 6.07) is 6.02. The van der Waals surface area contributed by atoms with Crippen LogP contribution in [0.25, 0.3) is 0 Å². The highest BCUT2D eigenvalue weighted by molar-refractivity contribution is 7.09. The van der Waals surface area contributed by atoms with E-state index in [1.165, 1.54) is 37.2 Å². The molecule has 2 unspecified atom stereocenters. The van der Waals surface area contributed by atoms with Crippen LogP contribution in [0, 0.1) is 5.92 Å². The minimum absolute atomic E-state index is 0.718. The summed E-state index contributed by atoms with van der Waals surface area (Å²) in [6.45, 7) is 6.00. The first kappa shape index (κ1) is 11.7. The second-order valence-corrected chi connectivity index (χ2v) is 6.60. The van der Waals surface area contributed by atoms with Crippen LogP contribution in [0.5, 0.6) is 0 Å². The van der Waals surface area contributed by atoms with E-state index in [0.717, 1.165) is 24.5 Å². The second-order valence-electron chi connectivity index (χ2n) is 5.57. The number of nitrogens with zero attached hydrogens (tertiary/aromatic N) is 1. The Morgan fingerprint density at radius 2 is 2.29 bits per heavy atom. The number of nitrogens with one attached hydrogen (secondary N) is 1. The summed E-state index contributed by atoms with van der Waals surface area (Å²) in [4.78, 5) is 4.22. The van der Waals surface area contributed by atoms with E-state index >= 15 is 0 Å². The maximum Gasteiger partial charge on any atom is 0.0331 e. The molecule has 0 amide bonds. The molecule has 2 heterocycles. The highest BCUT2D eigenvalue weighted by atomic mass is 32.1. The van der Waals surface area contributed by atoms with Gasteiger partial charge in [-0.25, -0.2) is 0 Å². The first-order valence-corrected chi connectivity index (χ1v) is 7.70. The Hall–Kier alpha value is -0.380. The number of thiophene rings is 1. The molecular formula is C14H22N2S. The molecule has 1 N–H and O–H groups in total. The fourth-order valence-electron chi connectivity index (χ4n) is 2.78. The molecule has 1 saturated carbocycles. The zero-order chi connectivity index (χ0) is 11.7. The lowest BCUT2D eigenvalue weighted by molar-refractivity contribution is 0.218. The van der Waals surface area contributed by atoms with Gasteiger partial charge in [0.15, 0.2) is 0 Å². The van der Waals surface area contributed by atoms with Crippen LogP contribution in [-0.2, 0) is 6.54 Å². The van der Waals surface area contributed by atoms with Gasteiger partial charge in [-0.05, 0) is 43.2 Å². The van der Waals surface area contributed by atoms with Gasteiger partial charge in [0.25, 0.3) is 0 Å². The highest BCUT2D eigenvalue weighted by Gasteiger charge is 2.33. The van der Waals surface area contributed by atoms with Crippen LogP contribution < -0.4 is 5.32 Å². The van der Waals surface area contributed by atoms with E-state index in [-0.39, 0.29) is 0 Å². The van der Waals surface area contributed by atoms with E-state index in [2.05, 4.69) is 34.7 Å². The van der Waals surface area contributed by atoms with Gasteiger partial charge >= 0.3 is 0 Å². The van der Waals surface area contributed by atoms with Crippen molar-refractivity contribution >= 4 is 11.3 Å². The second kappa shape index (κ2) is 5.09. The zero-order valence-electron chi connectivity index (χ0n) is 10.6. The Morgan fingerprint density at radius 3 is 2.88 bits per heavy atom. The smallest absolute Gasteiger partial charge is 0.0331 e. The van der Waals surface area contributed by atoms with Crippen LogP contribution in [0.3, 0.4) is 0 Å². The van der Waals surface area contributed by atoms with Crippen molar-refractivity contribution in [1.82, 2.24) is 10.2 Å². The molecule has 3 heteroatoms. The molecular weight excluding hydrogens is 228 g/mol. The van der Waals surface area contributed by atoms with Crippen molar-refractivity contribution in [3.63, 3.8) is 0 Å². The molecule has 2 nitrogen and oxygen atoms in total. The van der Waals surface area contributed by atoms with Gasteiger partial charge < -0.3 is 5.32 Å². The molecule has 1 saturated heterocycles. The lowest BCUT2D eigenvalue weighted by atomic mass is 10.0. The quantitative estimate of drug-likeness (QED) is 0.864. The molecule has 2 aliphatic rings. The number of hydrogen-bond acceptors (Lipinski definition) is 3. The summed E-state index contributed by atoms with van der Waals surface area (Å²) < 4.78 is 0. The largest absolute Gasteiger partial charge is 0.312 e. The molecule has 0 spiro atoms. The summed E-state index contributed by atoms with van der Waals surface area (Å²) in [5.74, 6) is 0.847. The fraction of sp³-hybridized carbons (Fsp3) is 0.714. The van der Waals surface area contributed by atoms with Crippen molar-refractivity contribution < 1.29 is 0 Å². The molecule has 2 fully saturated rings. The molecule has 1 aliphatic heterocycles. The first-order chi connectivity index (χ1) is 8.33. The maximum atomic E-state index is 3.66. The normalized spacial score (nSPS) is 29.1. The predicted octanol–water partition coefficient (Wildman–Crippen LogP) is 2.71. The molecule has 1 aliphatic carbocycles. The number of hydrogen-bond donors (Lipinski definition) is 1. The van der Waals surface area contributed by atoms with E-state index in [9.17, 15) is 0 Å². The summed E-state index contributed by atoms with van der Waals surface area (Å²) >= 11 is 1.89. The Labute approximate surface area is 108 Å². The summed E-state index contributed by atoms with van der Waals surface area (Å²) in [5.41, 5.74) is 0. The SMILES string of the molecule is CC1CCNC1CN(Cc1cccs1)C1CC1. The van der Waals surface area contributed by atoms with Crippen LogP contribution in [0.2, 0.25) is 0 Å². The lowest BCUT2D eigenvalue weighted by Gasteiger charge is -2.27. The number of rotatable bonds is 5. The minimum Gasteiger partial charge on any atom is -0.312 e. The van der Waals surface area contributed by atoms with Crippen molar-refractivity contribution in [2.45, 2.75) is 44.8 Å². The summed E-state index contributed by atoms with van der Waals surface area (Å²) in [5, 5.41) is 5.85. The topological polar surface area (TPSA) is 15.3 Å². The van der Waals surface area contributed by atoms with Crippen LogP contribution in [-0.4, -0.2) is 30.1 Å². The third kappa shape index (κ3) is 2.90. The summed E-state index contributed by atoms with van der Waals surface area (Å²) in [7, 11) is 0. The average molecular weight is 250 g/mol. The maximum absolute atomic E-state index is 3.66. The van der Waals surface area contributed by atoms with E-state index in [4.69, 9.17) is 0 Å². The molecule has 2 atom stereocenters. The first-order valence-electron chi connectivity index (χ1n) is 6.83. The third-order valence-electron chi connectivity index (χ3n) is 4.13. The van der Waals surface area contributed by atoms with E-state index in [1.807, 2.05) is 11.3 Å². The Balaban J connectivity index is 1.60. The van der Waals surface area contributed by atoms with Crippen molar-refractivity contribution in [3.8, 4) is 0 Å². The van der Waals surface area contributed by atoms with Crippen molar-refractivity contribution in [1.29, 1.82) is 0 Å². The lowest BCUT2D eigenvalue weighted by Crippen LogP contribution is -2.40. The van der Waals surface area contributed by atoms with Crippen LogP contribution >= 0.6 is 11.3 Å². The highest BCUT2D eigenvalue weighted by Crippen LogP contribution is 2.30. The molecule has 94 valence electrons. The predicted molar refractivity (Wildman–Crippen MR) is 73.3 cm³/mol. The average Bonchev–Trinajstić information content (AvgIpc) is 2.91. The van der Waals surface area contributed by atoms with Crippen molar-refractivity contribution in [2.24, 2.45) is 5.92 Å². The van der Waals surface area contributed by atoms with Gasteiger partial charge in [0.1, 0.15) is 0 Å². The standard InChI is InChI=1S/C14H22N2S/c1-11-6-7-15-14(11)10-16(12-4-5-12)9-13-3-2-8-17-13/h2-3,8,11-12,14-15H,4-7,9-10H2,1H3. The van der Waals surface area contributed by atoms with Gasteiger partial charge in [-0.1, -0.05) is 13.0 Å². The molecule has 1 aromatic rings. The summed E-state index contributed by atoms with van der Waals surface area (Å²) in [6.07, 6.45) is 4.17. The van der Waals surface area contributed by atoms with E-state index in [1.54, 1.807) is 0 Å². The molecule has 0 radical (unpaired) electrons.